The molecule has 0 aliphatic rings. The Kier molecular flexibility index (Phi) is 3.77. The van der Waals surface area contributed by atoms with Gasteiger partial charge in [0.1, 0.15) is 11.6 Å². The third-order valence-corrected chi connectivity index (χ3v) is 2.47. The molecule has 0 fully saturated rings. The summed E-state index contributed by atoms with van der Waals surface area (Å²) in [5.74, 6) is 1.55. The molecule has 5 heteroatoms. The van der Waals surface area contributed by atoms with Gasteiger partial charge in [0.2, 0.25) is 0 Å². The molecule has 0 atom stereocenters. The Labute approximate surface area is 105 Å². The minimum absolute atomic E-state index is 0.389. The number of nitrogens with zero attached hydrogens (tertiary/aromatic N) is 2. The van der Waals surface area contributed by atoms with Crippen LogP contribution in [0.3, 0.4) is 0 Å². The van der Waals surface area contributed by atoms with Gasteiger partial charge in [-0.1, -0.05) is 23.7 Å². The summed E-state index contributed by atoms with van der Waals surface area (Å²) in [7, 11) is 1.65. The van der Waals surface area contributed by atoms with E-state index in [1.807, 2.05) is 24.3 Å². The molecule has 2 aromatic rings. The number of methoxy groups -OCH3 is 1. The van der Waals surface area contributed by atoms with Gasteiger partial charge in [0.05, 0.1) is 7.11 Å². The summed E-state index contributed by atoms with van der Waals surface area (Å²) in [6.45, 7) is 0.681. The fraction of sp³-hybridized carbons (Fsp3) is 0.167. The normalized spacial score (nSPS) is 10.0. The van der Waals surface area contributed by atoms with Crippen LogP contribution in [0.15, 0.2) is 36.4 Å². The van der Waals surface area contributed by atoms with E-state index < -0.39 is 0 Å². The number of halogens is 1. The van der Waals surface area contributed by atoms with Crippen LogP contribution in [-0.2, 0) is 6.54 Å². The van der Waals surface area contributed by atoms with Crippen molar-refractivity contribution in [1.29, 1.82) is 0 Å². The SMILES string of the molecule is COc1ccc(CNc2ccc(Cl)nn2)cc1. The molecule has 4 nitrogen and oxygen atoms in total. The number of rotatable bonds is 4. The molecule has 1 aromatic carbocycles. The highest BCUT2D eigenvalue weighted by atomic mass is 35.5. The van der Waals surface area contributed by atoms with Crippen molar-refractivity contribution in [2.75, 3.05) is 12.4 Å². The van der Waals surface area contributed by atoms with Crippen molar-refractivity contribution in [3.63, 3.8) is 0 Å². The number of ether oxygens (including phenoxy) is 1. The van der Waals surface area contributed by atoms with Crippen LogP contribution in [0, 0.1) is 0 Å². The smallest absolute Gasteiger partial charge is 0.151 e. The second-order valence-corrected chi connectivity index (χ2v) is 3.83. The van der Waals surface area contributed by atoms with Gasteiger partial charge in [0.25, 0.3) is 0 Å². The second-order valence-electron chi connectivity index (χ2n) is 3.44. The van der Waals surface area contributed by atoms with Gasteiger partial charge in [-0.25, -0.2) is 0 Å². The fourth-order valence-electron chi connectivity index (χ4n) is 1.35. The first-order chi connectivity index (χ1) is 8.28. The van der Waals surface area contributed by atoms with Crippen molar-refractivity contribution in [2.24, 2.45) is 0 Å². The van der Waals surface area contributed by atoms with Gasteiger partial charge < -0.3 is 10.1 Å². The summed E-state index contributed by atoms with van der Waals surface area (Å²) >= 11 is 5.65. The summed E-state index contributed by atoms with van der Waals surface area (Å²) in [6, 6.07) is 11.3. The Hall–Kier alpha value is -1.81. The number of nitrogens with one attached hydrogen (secondary N) is 1. The lowest BCUT2D eigenvalue weighted by molar-refractivity contribution is 0.414. The summed E-state index contributed by atoms with van der Waals surface area (Å²) in [6.07, 6.45) is 0. The summed E-state index contributed by atoms with van der Waals surface area (Å²) in [4.78, 5) is 0. The molecule has 0 bridgehead atoms. The standard InChI is InChI=1S/C12H12ClN3O/c1-17-10-4-2-9(3-5-10)8-14-12-7-6-11(13)15-16-12/h2-7H,8H2,1H3,(H,14,16). The minimum Gasteiger partial charge on any atom is -0.497 e. The average Bonchev–Trinajstić information content (AvgIpc) is 2.39. The first-order valence-corrected chi connectivity index (χ1v) is 5.52. The van der Waals surface area contributed by atoms with Gasteiger partial charge in [0.15, 0.2) is 5.15 Å². The van der Waals surface area contributed by atoms with E-state index >= 15 is 0 Å². The van der Waals surface area contributed by atoms with Crippen LogP contribution in [0.2, 0.25) is 5.15 Å². The van der Waals surface area contributed by atoms with Crippen molar-refractivity contribution in [3.05, 3.63) is 47.1 Å². The highest BCUT2D eigenvalue weighted by Crippen LogP contribution is 2.13. The molecule has 1 aromatic heterocycles. The molecular formula is C12H12ClN3O. The molecule has 1 N–H and O–H groups in total. The quantitative estimate of drug-likeness (QED) is 0.905. The predicted octanol–water partition coefficient (Wildman–Crippen LogP) is 2.75. The van der Waals surface area contributed by atoms with E-state index in [4.69, 9.17) is 16.3 Å². The van der Waals surface area contributed by atoms with Gasteiger partial charge in [-0.05, 0) is 29.8 Å². The maximum Gasteiger partial charge on any atom is 0.151 e. The molecule has 0 aliphatic carbocycles. The molecule has 1 heterocycles. The van der Waals surface area contributed by atoms with Crippen LogP contribution in [0.1, 0.15) is 5.56 Å². The van der Waals surface area contributed by atoms with Crippen LogP contribution in [0.5, 0.6) is 5.75 Å². The van der Waals surface area contributed by atoms with Crippen LogP contribution >= 0.6 is 11.6 Å². The first kappa shape index (κ1) is 11.7. The predicted molar refractivity (Wildman–Crippen MR) is 67.4 cm³/mol. The van der Waals surface area contributed by atoms with Crippen LogP contribution in [0.25, 0.3) is 0 Å². The molecule has 0 amide bonds. The van der Waals surface area contributed by atoms with Crippen LogP contribution < -0.4 is 10.1 Å². The molecule has 0 aliphatic heterocycles. The average molecular weight is 250 g/mol. The Morgan fingerprint density at radius 1 is 1.12 bits per heavy atom. The number of benzene rings is 1. The Balaban J connectivity index is 1.95. The van der Waals surface area contributed by atoms with E-state index in [0.29, 0.717) is 17.5 Å². The number of aromatic nitrogens is 2. The molecule has 0 saturated carbocycles. The van der Waals surface area contributed by atoms with E-state index in [1.54, 1.807) is 19.2 Å². The maximum atomic E-state index is 5.65. The number of hydrogen-bond donors (Lipinski definition) is 1. The van der Waals surface area contributed by atoms with E-state index in [-0.39, 0.29) is 0 Å². The Bertz CT molecular complexity index is 470. The van der Waals surface area contributed by atoms with Crippen LogP contribution in [0.4, 0.5) is 5.82 Å². The molecule has 0 spiro atoms. The highest BCUT2D eigenvalue weighted by Gasteiger charge is 1.97. The summed E-state index contributed by atoms with van der Waals surface area (Å²) in [5, 5.41) is 11.2. The maximum absolute atomic E-state index is 5.65. The molecule has 2 rings (SSSR count). The van der Waals surface area contributed by atoms with Crippen molar-refractivity contribution in [3.8, 4) is 5.75 Å². The lowest BCUT2D eigenvalue weighted by Gasteiger charge is -2.05. The number of hydrogen-bond acceptors (Lipinski definition) is 4. The van der Waals surface area contributed by atoms with E-state index in [0.717, 1.165) is 11.3 Å². The van der Waals surface area contributed by atoms with E-state index in [9.17, 15) is 0 Å². The van der Waals surface area contributed by atoms with Gasteiger partial charge in [-0.2, -0.15) is 0 Å². The third kappa shape index (κ3) is 3.32. The molecule has 0 unspecified atom stereocenters. The van der Waals surface area contributed by atoms with E-state index in [2.05, 4.69) is 15.5 Å². The largest absolute Gasteiger partial charge is 0.497 e. The Morgan fingerprint density at radius 3 is 2.47 bits per heavy atom. The lowest BCUT2D eigenvalue weighted by atomic mass is 10.2. The van der Waals surface area contributed by atoms with Gasteiger partial charge in [0, 0.05) is 6.54 Å². The van der Waals surface area contributed by atoms with Gasteiger partial charge in [-0.15, -0.1) is 10.2 Å². The zero-order valence-electron chi connectivity index (χ0n) is 9.35. The molecule has 88 valence electrons. The zero-order chi connectivity index (χ0) is 12.1. The molecule has 0 saturated heterocycles. The van der Waals surface area contributed by atoms with E-state index in [1.165, 1.54) is 0 Å². The highest BCUT2D eigenvalue weighted by molar-refractivity contribution is 6.29. The molecule has 17 heavy (non-hydrogen) atoms. The minimum atomic E-state index is 0.389. The third-order valence-electron chi connectivity index (χ3n) is 2.26. The van der Waals surface area contributed by atoms with Crippen molar-refractivity contribution < 1.29 is 4.74 Å². The lowest BCUT2D eigenvalue weighted by Crippen LogP contribution is -2.01. The summed E-state index contributed by atoms with van der Waals surface area (Å²) in [5.41, 5.74) is 1.14. The van der Waals surface area contributed by atoms with Crippen molar-refractivity contribution in [1.82, 2.24) is 10.2 Å². The van der Waals surface area contributed by atoms with Crippen molar-refractivity contribution in [2.45, 2.75) is 6.54 Å². The Morgan fingerprint density at radius 2 is 1.88 bits per heavy atom. The molecule has 0 radical (unpaired) electrons. The second kappa shape index (κ2) is 5.50. The monoisotopic (exact) mass is 249 g/mol. The fourth-order valence-corrected chi connectivity index (χ4v) is 1.45. The first-order valence-electron chi connectivity index (χ1n) is 5.14. The zero-order valence-corrected chi connectivity index (χ0v) is 10.1. The van der Waals surface area contributed by atoms with Crippen molar-refractivity contribution >= 4 is 17.4 Å². The topological polar surface area (TPSA) is 47.0 Å². The molecular weight excluding hydrogens is 238 g/mol. The summed E-state index contributed by atoms with van der Waals surface area (Å²) < 4.78 is 5.09. The van der Waals surface area contributed by atoms with Crippen LogP contribution in [-0.4, -0.2) is 17.3 Å². The van der Waals surface area contributed by atoms with Gasteiger partial charge >= 0.3 is 0 Å². The number of anilines is 1. The van der Waals surface area contributed by atoms with Gasteiger partial charge in [-0.3, -0.25) is 0 Å².